The minimum atomic E-state index is 0.645. The summed E-state index contributed by atoms with van der Waals surface area (Å²) in [5.41, 5.74) is 0. The number of aliphatic imine (C=N–C) groups is 2. The van der Waals surface area contributed by atoms with Crippen molar-refractivity contribution in [2.45, 2.75) is 0 Å². The number of hydrogen-bond acceptors (Lipinski definition) is 6. The average Bonchev–Trinajstić information content (AvgIpc) is 2.29. The normalized spacial score (nSPS) is 22.9. The van der Waals surface area contributed by atoms with Crippen LogP contribution in [-0.4, -0.2) is 49.6 Å². The summed E-state index contributed by atoms with van der Waals surface area (Å²) >= 11 is 0. The monoisotopic (exact) mass is 232 g/mol. The van der Waals surface area contributed by atoms with Crippen LogP contribution in [0.1, 0.15) is 0 Å². The fourth-order valence-electron chi connectivity index (χ4n) is 1.08. The van der Waals surface area contributed by atoms with Crippen LogP contribution in [0.2, 0.25) is 0 Å². The fraction of sp³-hybridized carbons (Fsp3) is 0.750. The van der Waals surface area contributed by atoms with Crippen molar-refractivity contribution in [3.63, 3.8) is 0 Å². The zero-order chi connectivity index (χ0) is 9.64. The summed E-state index contributed by atoms with van der Waals surface area (Å²) in [6.45, 7) is 4.35. The third-order valence-corrected chi connectivity index (χ3v) is 4.10. The Morgan fingerprint density at radius 3 is 1.71 bits per heavy atom. The molecule has 2 rings (SSSR count). The summed E-state index contributed by atoms with van der Waals surface area (Å²) in [5.74, 6) is 0. The van der Waals surface area contributed by atoms with Crippen LogP contribution < -0.4 is 0 Å². The molecular weight excluding hydrogens is 220 g/mol. The van der Waals surface area contributed by atoms with Gasteiger partial charge in [-0.2, -0.15) is 0 Å². The molecule has 0 N–H and O–H groups in total. The molecule has 0 spiro atoms. The van der Waals surface area contributed by atoms with E-state index in [1.165, 1.54) is 0 Å². The van der Waals surface area contributed by atoms with Gasteiger partial charge >= 0.3 is 0 Å². The second-order valence-corrected chi connectivity index (χ2v) is 5.10. The quantitative estimate of drug-likeness (QED) is 0.589. The molecule has 14 heavy (non-hydrogen) atoms. The molecule has 0 bridgehead atoms. The first-order chi connectivity index (χ1) is 6.95. The van der Waals surface area contributed by atoms with Gasteiger partial charge in [0.1, 0.15) is 10.1 Å². The van der Waals surface area contributed by atoms with E-state index in [-0.39, 0.29) is 0 Å². The summed E-state index contributed by atoms with van der Waals surface area (Å²) in [4.78, 5) is 8.70. The summed E-state index contributed by atoms with van der Waals surface area (Å²) < 4.78 is 10.6. The zero-order valence-electron chi connectivity index (χ0n) is 7.77. The van der Waals surface area contributed by atoms with Gasteiger partial charge in [0.05, 0.1) is 39.5 Å². The first kappa shape index (κ1) is 10.5. The standard InChI is InChI=1S/C8H12N2O2S2/c1-3-11-5-7(9-1)13-14-8-6-12-4-2-10-8/h1-6H2. The van der Waals surface area contributed by atoms with Gasteiger partial charge in [0.2, 0.25) is 0 Å². The Hall–Kier alpha value is -0.0400. The van der Waals surface area contributed by atoms with E-state index in [0.29, 0.717) is 13.2 Å². The van der Waals surface area contributed by atoms with Crippen LogP contribution in [-0.2, 0) is 9.47 Å². The van der Waals surface area contributed by atoms with E-state index in [1.807, 2.05) is 0 Å². The van der Waals surface area contributed by atoms with Crippen LogP contribution in [0.15, 0.2) is 9.98 Å². The first-order valence-electron chi connectivity index (χ1n) is 4.52. The highest BCUT2D eigenvalue weighted by Gasteiger charge is 2.11. The second kappa shape index (κ2) is 5.75. The highest BCUT2D eigenvalue weighted by molar-refractivity contribution is 8.87. The topological polar surface area (TPSA) is 43.2 Å². The van der Waals surface area contributed by atoms with Gasteiger partial charge < -0.3 is 9.47 Å². The van der Waals surface area contributed by atoms with Crippen LogP contribution in [0.3, 0.4) is 0 Å². The average molecular weight is 232 g/mol. The van der Waals surface area contributed by atoms with Gasteiger partial charge in [0.15, 0.2) is 0 Å². The largest absolute Gasteiger partial charge is 0.373 e. The van der Waals surface area contributed by atoms with Crippen molar-refractivity contribution in [2.75, 3.05) is 39.5 Å². The minimum Gasteiger partial charge on any atom is -0.373 e. The van der Waals surface area contributed by atoms with Crippen molar-refractivity contribution in [1.82, 2.24) is 0 Å². The Morgan fingerprint density at radius 2 is 1.36 bits per heavy atom. The van der Waals surface area contributed by atoms with Crippen LogP contribution in [0.4, 0.5) is 0 Å². The fourth-order valence-corrected chi connectivity index (χ4v) is 3.00. The highest BCUT2D eigenvalue weighted by Crippen LogP contribution is 2.26. The smallest absolute Gasteiger partial charge is 0.104 e. The van der Waals surface area contributed by atoms with Gasteiger partial charge in [-0.05, 0) is 21.6 Å². The molecular formula is C8H12N2O2S2. The van der Waals surface area contributed by atoms with Crippen LogP contribution in [0, 0.1) is 0 Å². The van der Waals surface area contributed by atoms with Crippen LogP contribution in [0.5, 0.6) is 0 Å². The van der Waals surface area contributed by atoms with E-state index in [0.717, 1.165) is 36.4 Å². The lowest BCUT2D eigenvalue weighted by atomic mass is 10.6. The molecule has 78 valence electrons. The van der Waals surface area contributed by atoms with Gasteiger partial charge in [0.25, 0.3) is 0 Å². The van der Waals surface area contributed by atoms with Crippen LogP contribution >= 0.6 is 21.6 Å². The number of ether oxygens (including phenoxy) is 2. The van der Waals surface area contributed by atoms with Gasteiger partial charge in [-0.15, -0.1) is 0 Å². The van der Waals surface area contributed by atoms with E-state index in [2.05, 4.69) is 9.98 Å². The Bertz CT molecular complexity index is 230. The van der Waals surface area contributed by atoms with Crippen LogP contribution in [0.25, 0.3) is 0 Å². The maximum absolute atomic E-state index is 5.29. The molecule has 0 atom stereocenters. The molecule has 0 fully saturated rings. The maximum Gasteiger partial charge on any atom is 0.104 e. The molecule has 2 aliphatic rings. The number of rotatable bonds is 0. The predicted octanol–water partition coefficient (Wildman–Crippen LogP) is 1.23. The lowest BCUT2D eigenvalue weighted by molar-refractivity contribution is 0.173. The van der Waals surface area contributed by atoms with Crippen molar-refractivity contribution in [3.8, 4) is 0 Å². The van der Waals surface area contributed by atoms with E-state index in [1.54, 1.807) is 21.6 Å². The number of hydrogen-bond donors (Lipinski definition) is 0. The first-order valence-corrected chi connectivity index (χ1v) is 6.67. The Morgan fingerprint density at radius 1 is 0.857 bits per heavy atom. The lowest BCUT2D eigenvalue weighted by Gasteiger charge is -2.14. The summed E-state index contributed by atoms with van der Waals surface area (Å²) in [5, 5.41) is 2.10. The molecule has 0 aromatic heterocycles. The third-order valence-electron chi connectivity index (χ3n) is 1.73. The summed E-state index contributed by atoms with van der Waals surface area (Å²) in [7, 11) is 3.27. The molecule has 0 aromatic rings. The molecule has 6 heteroatoms. The van der Waals surface area contributed by atoms with E-state index >= 15 is 0 Å². The van der Waals surface area contributed by atoms with Crippen molar-refractivity contribution >= 4 is 31.7 Å². The molecule has 0 unspecified atom stereocenters. The maximum atomic E-state index is 5.29. The van der Waals surface area contributed by atoms with E-state index in [4.69, 9.17) is 9.47 Å². The highest BCUT2D eigenvalue weighted by atomic mass is 33.1. The van der Waals surface area contributed by atoms with Crippen molar-refractivity contribution in [2.24, 2.45) is 9.98 Å². The minimum absolute atomic E-state index is 0.645. The molecule has 0 radical (unpaired) electrons. The van der Waals surface area contributed by atoms with Gasteiger partial charge in [-0.1, -0.05) is 0 Å². The van der Waals surface area contributed by atoms with Gasteiger partial charge in [-0.3, -0.25) is 9.98 Å². The van der Waals surface area contributed by atoms with Gasteiger partial charge in [-0.25, -0.2) is 0 Å². The molecule has 0 saturated carbocycles. The zero-order valence-corrected chi connectivity index (χ0v) is 9.40. The molecule has 0 amide bonds. The summed E-state index contributed by atoms with van der Waals surface area (Å²) in [6.07, 6.45) is 0. The Kier molecular flexibility index (Phi) is 4.30. The predicted molar refractivity (Wildman–Crippen MR) is 61.4 cm³/mol. The molecule has 2 heterocycles. The number of nitrogens with zero attached hydrogens (tertiary/aromatic N) is 2. The van der Waals surface area contributed by atoms with Gasteiger partial charge in [0, 0.05) is 0 Å². The van der Waals surface area contributed by atoms with Crippen molar-refractivity contribution in [3.05, 3.63) is 0 Å². The van der Waals surface area contributed by atoms with E-state index in [9.17, 15) is 0 Å². The lowest BCUT2D eigenvalue weighted by Crippen LogP contribution is -2.16. The molecule has 0 saturated heterocycles. The molecule has 2 aliphatic heterocycles. The molecule has 4 nitrogen and oxygen atoms in total. The summed E-state index contributed by atoms with van der Waals surface area (Å²) in [6, 6.07) is 0. The third kappa shape index (κ3) is 3.27. The Balaban J connectivity index is 1.75. The Labute approximate surface area is 90.9 Å². The molecule has 0 aromatic carbocycles. The molecule has 0 aliphatic carbocycles. The van der Waals surface area contributed by atoms with Crippen molar-refractivity contribution in [1.29, 1.82) is 0 Å². The van der Waals surface area contributed by atoms with Crippen molar-refractivity contribution < 1.29 is 9.47 Å². The SMILES string of the molecule is C1COCC(SSC2=NCCOC2)=N1. The van der Waals surface area contributed by atoms with E-state index < -0.39 is 0 Å². The second-order valence-electron chi connectivity index (χ2n) is 2.82.